The number of halogens is 6. The molecule has 0 saturated heterocycles. The summed E-state index contributed by atoms with van der Waals surface area (Å²) in [5, 5.41) is 0. The van der Waals surface area contributed by atoms with Gasteiger partial charge in [0.2, 0.25) is 0 Å². The van der Waals surface area contributed by atoms with Crippen molar-refractivity contribution >= 4 is 20.2 Å². The zero-order chi connectivity index (χ0) is 14.0. The van der Waals surface area contributed by atoms with Gasteiger partial charge < -0.3 is 9.11 Å². The molecule has 0 heterocycles. The quantitative estimate of drug-likeness (QED) is 0.295. The summed E-state index contributed by atoms with van der Waals surface area (Å²) < 4.78 is 118. The summed E-state index contributed by atoms with van der Waals surface area (Å²) in [6, 6.07) is 0. The average Bonchev–Trinajstić information content (AvgIpc) is 1.77. The molecule has 0 aromatic heterocycles. The first-order chi connectivity index (χ1) is 6.50. The van der Waals surface area contributed by atoms with Crippen molar-refractivity contribution < 1.29 is 92.7 Å². The summed E-state index contributed by atoms with van der Waals surface area (Å²) in [7, 11) is -12.2. The molecule has 0 aromatic rings. The summed E-state index contributed by atoms with van der Waals surface area (Å²) in [5.41, 5.74) is -11.3. The predicted octanol–water partition coefficient (Wildman–Crippen LogP) is 0.103. The van der Waals surface area contributed by atoms with E-state index >= 15 is 0 Å². The van der Waals surface area contributed by atoms with Crippen LogP contribution in [-0.4, -0.2) is 37.0 Å². The van der Waals surface area contributed by atoms with E-state index in [4.69, 9.17) is 25.9 Å². The van der Waals surface area contributed by atoms with E-state index < -0.39 is 31.3 Å². The summed E-state index contributed by atoms with van der Waals surface area (Å²) in [6.07, 6.45) is 0. The maximum absolute atomic E-state index is 10.7. The van der Waals surface area contributed by atoms with E-state index in [-0.39, 0.29) is 40.4 Å². The first-order valence-electron chi connectivity index (χ1n) is 2.54. The van der Waals surface area contributed by atoms with Crippen molar-refractivity contribution in [3.63, 3.8) is 0 Å². The molecule has 15 heteroatoms. The van der Waals surface area contributed by atoms with Crippen LogP contribution in [0, 0.1) is 40.4 Å². The molecule has 0 unspecified atom stereocenters. The maximum Gasteiger partial charge on any atom is 0.485 e. The van der Waals surface area contributed by atoms with E-state index in [0.717, 1.165) is 0 Å². The van der Waals surface area contributed by atoms with Gasteiger partial charge in [0.15, 0.2) is 20.2 Å². The van der Waals surface area contributed by atoms with Crippen LogP contribution in [0.3, 0.4) is 0 Å². The Bertz CT molecular complexity index is 374. The summed E-state index contributed by atoms with van der Waals surface area (Å²) in [6.45, 7) is 0. The van der Waals surface area contributed by atoms with Crippen LogP contribution >= 0.6 is 0 Å². The molecule has 17 heavy (non-hydrogen) atoms. The molecule has 0 saturated carbocycles. The zero-order valence-electron chi connectivity index (χ0n) is 6.94. The minimum atomic E-state index is -6.09. The van der Waals surface area contributed by atoms with Gasteiger partial charge in [0.1, 0.15) is 0 Å². The third-order valence-corrected chi connectivity index (χ3v) is 1.70. The molecular formula is C2F6O6S2Sm-2. The van der Waals surface area contributed by atoms with Crippen LogP contribution in [0.1, 0.15) is 0 Å². The predicted molar refractivity (Wildman–Crippen MR) is 31.5 cm³/mol. The molecular weight excluding hydrogens is 448 g/mol. The molecule has 0 amide bonds. The van der Waals surface area contributed by atoms with Crippen molar-refractivity contribution in [2.24, 2.45) is 0 Å². The molecule has 0 fully saturated rings. The number of hydrogen-bond donors (Lipinski definition) is 0. The molecule has 0 rings (SSSR count). The van der Waals surface area contributed by atoms with Gasteiger partial charge in [0, 0.05) is 40.4 Å². The van der Waals surface area contributed by atoms with Crippen molar-refractivity contribution in [3.05, 3.63) is 0 Å². The Morgan fingerprint density at radius 1 is 0.647 bits per heavy atom. The van der Waals surface area contributed by atoms with E-state index in [1.807, 2.05) is 0 Å². The van der Waals surface area contributed by atoms with Crippen LogP contribution < -0.4 is 0 Å². The van der Waals surface area contributed by atoms with Crippen LogP contribution in [0.25, 0.3) is 0 Å². The van der Waals surface area contributed by atoms with Gasteiger partial charge in [-0.3, -0.25) is 0 Å². The molecule has 106 valence electrons. The average molecular weight is 448 g/mol. The minimum absolute atomic E-state index is 0. The number of alkyl halides is 6. The molecule has 0 aliphatic rings. The second kappa shape index (κ2) is 6.77. The van der Waals surface area contributed by atoms with E-state index in [2.05, 4.69) is 0 Å². The Labute approximate surface area is 123 Å². The fraction of sp³-hybridized carbons (Fsp3) is 1.00. The van der Waals surface area contributed by atoms with Crippen molar-refractivity contribution in [3.8, 4) is 0 Å². The van der Waals surface area contributed by atoms with Gasteiger partial charge in [0.05, 0.1) is 0 Å². The van der Waals surface area contributed by atoms with Gasteiger partial charge in [-0.25, -0.2) is 16.8 Å². The fourth-order valence-corrected chi connectivity index (χ4v) is 0. The van der Waals surface area contributed by atoms with Crippen LogP contribution in [0.2, 0.25) is 0 Å². The van der Waals surface area contributed by atoms with E-state index in [0.29, 0.717) is 0 Å². The van der Waals surface area contributed by atoms with Crippen LogP contribution in [0.4, 0.5) is 26.3 Å². The molecule has 0 aliphatic heterocycles. The van der Waals surface area contributed by atoms with Crippen LogP contribution in [-0.2, 0) is 20.2 Å². The molecule has 0 radical (unpaired) electrons. The van der Waals surface area contributed by atoms with E-state index in [9.17, 15) is 26.3 Å². The Kier molecular flexibility index (Phi) is 9.12. The second-order valence-electron chi connectivity index (χ2n) is 1.80. The topological polar surface area (TPSA) is 114 Å². The second-order valence-corrected chi connectivity index (χ2v) is 4.54. The molecule has 0 aliphatic carbocycles. The first kappa shape index (κ1) is 22.9. The first-order valence-corrected chi connectivity index (χ1v) is 5.36. The van der Waals surface area contributed by atoms with Gasteiger partial charge in [0.25, 0.3) is 0 Å². The summed E-state index contributed by atoms with van der Waals surface area (Å²) >= 11 is 0. The van der Waals surface area contributed by atoms with Gasteiger partial charge in [-0.05, 0) is 0 Å². The normalized spacial score (nSPS) is 13.2. The molecule has 0 spiro atoms. The zero-order valence-corrected chi connectivity index (χ0v) is 11.2. The smallest absolute Gasteiger partial charge is 0.485 e. The molecule has 0 N–H and O–H groups in total. The summed E-state index contributed by atoms with van der Waals surface area (Å²) in [5.74, 6) is 0. The van der Waals surface area contributed by atoms with Crippen LogP contribution in [0.5, 0.6) is 0 Å². The molecule has 0 atom stereocenters. The third kappa shape index (κ3) is 10.4. The third-order valence-electron chi connectivity index (χ3n) is 0.567. The Hall–Kier alpha value is 0.738. The van der Waals surface area contributed by atoms with Gasteiger partial charge in [-0.1, -0.05) is 0 Å². The number of rotatable bonds is 0. The summed E-state index contributed by atoms with van der Waals surface area (Å²) in [4.78, 5) is 0. The van der Waals surface area contributed by atoms with E-state index in [1.54, 1.807) is 0 Å². The SMILES string of the molecule is O=S(=O)([O-])C(F)(F)F.O=S(=O)([O-])C(F)(F)F.[Sm]. The van der Waals surface area contributed by atoms with Crippen molar-refractivity contribution in [2.45, 2.75) is 11.0 Å². The monoisotopic (exact) mass is 450 g/mol. The molecule has 0 aromatic carbocycles. The Balaban J connectivity index is -0.000000218. The number of hydrogen-bond acceptors (Lipinski definition) is 6. The van der Waals surface area contributed by atoms with Gasteiger partial charge >= 0.3 is 11.0 Å². The Morgan fingerprint density at radius 3 is 0.706 bits per heavy atom. The van der Waals surface area contributed by atoms with Crippen molar-refractivity contribution in [2.75, 3.05) is 0 Å². The van der Waals surface area contributed by atoms with Crippen molar-refractivity contribution in [1.82, 2.24) is 0 Å². The fourth-order valence-electron chi connectivity index (χ4n) is 0. The van der Waals surface area contributed by atoms with E-state index in [1.165, 1.54) is 0 Å². The van der Waals surface area contributed by atoms with Gasteiger partial charge in [-0.2, -0.15) is 26.3 Å². The maximum atomic E-state index is 10.7. The van der Waals surface area contributed by atoms with Crippen molar-refractivity contribution in [1.29, 1.82) is 0 Å². The Morgan fingerprint density at radius 2 is 0.706 bits per heavy atom. The molecule has 0 bridgehead atoms. The van der Waals surface area contributed by atoms with Crippen LogP contribution in [0.15, 0.2) is 0 Å². The molecule has 6 nitrogen and oxygen atoms in total. The van der Waals surface area contributed by atoms with Gasteiger partial charge in [-0.15, -0.1) is 0 Å². The minimum Gasteiger partial charge on any atom is -0.741 e. The standard InChI is InChI=1S/2CHF3O3S.Sm/c2*2-1(3,4)8(5,6)7;/h2*(H,5,6,7);/p-2. The largest absolute Gasteiger partial charge is 0.741 e.